The van der Waals surface area contributed by atoms with Crippen molar-refractivity contribution in [3.05, 3.63) is 22.8 Å². The summed E-state index contributed by atoms with van der Waals surface area (Å²) in [6.45, 7) is 1.99. The summed E-state index contributed by atoms with van der Waals surface area (Å²) < 4.78 is 0.873. The number of amides is 1. The van der Waals surface area contributed by atoms with Crippen molar-refractivity contribution in [3.8, 4) is 0 Å². The highest BCUT2D eigenvalue weighted by atomic mass is 79.9. The van der Waals surface area contributed by atoms with Crippen LogP contribution >= 0.6 is 15.9 Å². The lowest BCUT2D eigenvalue weighted by Gasteiger charge is -2.10. The smallest absolute Gasteiger partial charge is 0.242 e. The van der Waals surface area contributed by atoms with E-state index in [4.69, 9.17) is 5.73 Å². The molecule has 0 aromatic carbocycles. The zero-order chi connectivity index (χ0) is 11.3. The fourth-order valence-corrected chi connectivity index (χ4v) is 1.35. The molecule has 0 saturated carbocycles. The second kappa shape index (κ2) is 5.82. The molecule has 0 aliphatic carbocycles. The average Bonchev–Trinajstić information content (AvgIpc) is 2.22. The number of anilines is 1. The Hall–Kier alpha value is -0.940. The molecule has 0 bridgehead atoms. The third kappa shape index (κ3) is 3.97. The van der Waals surface area contributed by atoms with Crippen molar-refractivity contribution in [2.75, 3.05) is 5.32 Å². The molecule has 1 aromatic heterocycles. The molecule has 1 amide bonds. The summed E-state index contributed by atoms with van der Waals surface area (Å²) in [5.41, 5.74) is 5.66. The lowest BCUT2D eigenvalue weighted by Crippen LogP contribution is -2.35. The van der Waals surface area contributed by atoms with Crippen LogP contribution in [-0.2, 0) is 4.79 Å². The first-order valence-corrected chi connectivity index (χ1v) is 5.60. The van der Waals surface area contributed by atoms with Crippen LogP contribution in [0.4, 0.5) is 5.82 Å². The Morgan fingerprint density at radius 1 is 1.67 bits per heavy atom. The minimum Gasteiger partial charge on any atom is -0.320 e. The summed E-state index contributed by atoms with van der Waals surface area (Å²) in [6.07, 6.45) is 3.20. The number of pyridine rings is 1. The van der Waals surface area contributed by atoms with Gasteiger partial charge >= 0.3 is 0 Å². The number of carbonyl (C=O) groups is 1. The van der Waals surface area contributed by atoms with Crippen LogP contribution in [0.15, 0.2) is 22.8 Å². The molecule has 0 aliphatic heterocycles. The van der Waals surface area contributed by atoms with Crippen LogP contribution in [0.2, 0.25) is 0 Å². The monoisotopic (exact) mass is 271 g/mol. The summed E-state index contributed by atoms with van der Waals surface area (Å²) in [7, 11) is 0. The van der Waals surface area contributed by atoms with Gasteiger partial charge in [-0.25, -0.2) is 4.98 Å². The van der Waals surface area contributed by atoms with Gasteiger partial charge in [0.1, 0.15) is 5.82 Å². The molecule has 0 radical (unpaired) electrons. The predicted molar refractivity (Wildman–Crippen MR) is 63.5 cm³/mol. The van der Waals surface area contributed by atoms with Gasteiger partial charge in [-0.15, -0.1) is 0 Å². The van der Waals surface area contributed by atoms with Crippen LogP contribution < -0.4 is 11.1 Å². The van der Waals surface area contributed by atoms with Gasteiger partial charge in [-0.05, 0) is 34.5 Å². The number of rotatable bonds is 4. The maximum Gasteiger partial charge on any atom is 0.242 e. The average molecular weight is 272 g/mol. The highest BCUT2D eigenvalue weighted by Crippen LogP contribution is 2.10. The van der Waals surface area contributed by atoms with Crippen molar-refractivity contribution in [2.45, 2.75) is 25.8 Å². The molecule has 3 N–H and O–H groups in total. The van der Waals surface area contributed by atoms with E-state index in [0.717, 1.165) is 10.9 Å². The van der Waals surface area contributed by atoms with Gasteiger partial charge in [0.05, 0.1) is 6.04 Å². The number of halogens is 1. The minimum absolute atomic E-state index is 0.188. The van der Waals surface area contributed by atoms with E-state index in [0.29, 0.717) is 12.2 Å². The van der Waals surface area contributed by atoms with Crippen LogP contribution in [0.5, 0.6) is 0 Å². The molecule has 1 unspecified atom stereocenters. The molecule has 1 atom stereocenters. The molecule has 1 aromatic rings. The molecule has 1 rings (SSSR count). The number of nitrogens with zero attached hydrogens (tertiary/aromatic N) is 1. The lowest BCUT2D eigenvalue weighted by atomic mass is 10.2. The van der Waals surface area contributed by atoms with Crippen molar-refractivity contribution < 1.29 is 4.79 Å². The van der Waals surface area contributed by atoms with Gasteiger partial charge < -0.3 is 11.1 Å². The van der Waals surface area contributed by atoms with Crippen LogP contribution in [0, 0.1) is 0 Å². The van der Waals surface area contributed by atoms with E-state index < -0.39 is 6.04 Å². The van der Waals surface area contributed by atoms with Crippen molar-refractivity contribution in [2.24, 2.45) is 5.73 Å². The Morgan fingerprint density at radius 2 is 2.40 bits per heavy atom. The van der Waals surface area contributed by atoms with E-state index in [1.54, 1.807) is 12.3 Å². The second-order valence-corrected chi connectivity index (χ2v) is 4.16. The van der Waals surface area contributed by atoms with Gasteiger partial charge in [0.15, 0.2) is 0 Å². The summed E-state index contributed by atoms with van der Waals surface area (Å²) >= 11 is 3.27. The molecule has 82 valence electrons. The molecule has 0 aliphatic rings. The van der Waals surface area contributed by atoms with Gasteiger partial charge in [-0.1, -0.05) is 13.3 Å². The topological polar surface area (TPSA) is 68.0 Å². The number of carbonyl (C=O) groups excluding carboxylic acids is 1. The third-order valence-electron chi connectivity index (χ3n) is 1.92. The standard InChI is InChI=1S/C10H14BrN3O/c1-2-3-8(12)10(15)14-9-5-4-7(11)6-13-9/h4-6,8H,2-3,12H2,1H3,(H,13,14,15). The number of aromatic nitrogens is 1. The zero-order valence-corrected chi connectivity index (χ0v) is 10.1. The Morgan fingerprint density at radius 3 is 2.93 bits per heavy atom. The zero-order valence-electron chi connectivity index (χ0n) is 8.53. The number of hydrogen-bond donors (Lipinski definition) is 2. The Labute approximate surface area is 97.4 Å². The van der Waals surface area contributed by atoms with Gasteiger partial charge in [-0.2, -0.15) is 0 Å². The maximum atomic E-state index is 11.5. The number of hydrogen-bond acceptors (Lipinski definition) is 3. The van der Waals surface area contributed by atoms with Crippen molar-refractivity contribution in [3.63, 3.8) is 0 Å². The molecular weight excluding hydrogens is 258 g/mol. The SMILES string of the molecule is CCCC(N)C(=O)Nc1ccc(Br)cn1. The van der Waals surface area contributed by atoms with Crippen LogP contribution in [0.1, 0.15) is 19.8 Å². The van der Waals surface area contributed by atoms with Gasteiger partial charge in [-0.3, -0.25) is 4.79 Å². The van der Waals surface area contributed by atoms with E-state index in [2.05, 4.69) is 26.2 Å². The first-order chi connectivity index (χ1) is 7.13. The van der Waals surface area contributed by atoms with Gasteiger partial charge in [0.25, 0.3) is 0 Å². The molecule has 0 fully saturated rings. The Balaban J connectivity index is 2.54. The second-order valence-electron chi connectivity index (χ2n) is 3.25. The molecule has 5 heteroatoms. The summed E-state index contributed by atoms with van der Waals surface area (Å²) in [5, 5.41) is 2.66. The fraction of sp³-hybridized carbons (Fsp3) is 0.400. The highest BCUT2D eigenvalue weighted by Gasteiger charge is 2.12. The largest absolute Gasteiger partial charge is 0.320 e. The summed E-state index contributed by atoms with van der Waals surface area (Å²) in [4.78, 5) is 15.5. The minimum atomic E-state index is -0.458. The Bertz CT molecular complexity index is 326. The van der Waals surface area contributed by atoms with Gasteiger partial charge in [0.2, 0.25) is 5.91 Å². The lowest BCUT2D eigenvalue weighted by molar-refractivity contribution is -0.117. The van der Waals surface area contributed by atoms with E-state index >= 15 is 0 Å². The maximum absolute atomic E-state index is 11.5. The quantitative estimate of drug-likeness (QED) is 0.879. The van der Waals surface area contributed by atoms with Gasteiger partial charge in [0, 0.05) is 10.7 Å². The van der Waals surface area contributed by atoms with E-state index in [1.807, 2.05) is 13.0 Å². The van der Waals surface area contributed by atoms with E-state index in [-0.39, 0.29) is 5.91 Å². The van der Waals surface area contributed by atoms with Crippen molar-refractivity contribution in [1.29, 1.82) is 0 Å². The van der Waals surface area contributed by atoms with Crippen molar-refractivity contribution in [1.82, 2.24) is 4.98 Å². The molecule has 4 nitrogen and oxygen atoms in total. The molecule has 15 heavy (non-hydrogen) atoms. The first kappa shape index (κ1) is 12.1. The fourth-order valence-electron chi connectivity index (χ4n) is 1.11. The predicted octanol–water partition coefficient (Wildman–Crippen LogP) is 1.91. The number of nitrogens with one attached hydrogen (secondary N) is 1. The number of nitrogens with two attached hydrogens (primary N) is 1. The van der Waals surface area contributed by atoms with Crippen LogP contribution in [0.25, 0.3) is 0 Å². The van der Waals surface area contributed by atoms with Crippen LogP contribution in [0.3, 0.4) is 0 Å². The summed E-state index contributed by atoms with van der Waals surface area (Å²) in [6, 6.07) is 3.08. The highest BCUT2D eigenvalue weighted by molar-refractivity contribution is 9.10. The first-order valence-electron chi connectivity index (χ1n) is 4.81. The third-order valence-corrected chi connectivity index (χ3v) is 2.38. The van der Waals surface area contributed by atoms with E-state index in [1.165, 1.54) is 0 Å². The van der Waals surface area contributed by atoms with E-state index in [9.17, 15) is 4.79 Å². The summed E-state index contributed by atoms with van der Waals surface area (Å²) in [5.74, 6) is 0.335. The molecule has 0 spiro atoms. The van der Waals surface area contributed by atoms with Crippen LogP contribution in [-0.4, -0.2) is 16.9 Å². The Kier molecular flexibility index (Phi) is 4.71. The molecule has 1 heterocycles. The molecular formula is C10H14BrN3O. The normalized spacial score (nSPS) is 12.2. The van der Waals surface area contributed by atoms with Crippen molar-refractivity contribution >= 4 is 27.7 Å². The molecule has 0 saturated heterocycles.